The monoisotopic (exact) mass is 317 g/mol. The number of nitrogens with zero attached hydrogens (tertiary/aromatic N) is 2. The maximum absolute atomic E-state index is 5.95. The Balaban J connectivity index is 1.74. The maximum atomic E-state index is 5.95. The third kappa shape index (κ3) is 3.11. The van der Waals surface area contributed by atoms with Crippen molar-refractivity contribution in [2.24, 2.45) is 0 Å². The van der Waals surface area contributed by atoms with Gasteiger partial charge in [0.15, 0.2) is 5.82 Å². The molecular weight excluding hydrogens is 302 g/mol. The Labute approximate surface area is 131 Å². The third-order valence-corrected chi connectivity index (χ3v) is 5.08. The molecule has 4 nitrogen and oxygen atoms in total. The Morgan fingerprint density at radius 1 is 1.29 bits per heavy atom. The van der Waals surface area contributed by atoms with Crippen molar-refractivity contribution in [2.45, 2.75) is 24.5 Å². The van der Waals surface area contributed by atoms with E-state index in [0.717, 1.165) is 10.4 Å². The Hall–Kier alpha value is -1.79. The first-order valence-electron chi connectivity index (χ1n) is 6.51. The van der Waals surface area contributed by atoms with Gasteiger partial charge in [0.1, 0.15) is 0 Å². The van der Waals surface area contributed by atoms with Crippen LogP contribution in [0.2, 0.25) is 0 Å². The molecule has 0 aliphatic heterocycles. The second-order valence-electron chi connectivity index (χ2n) is 4.70. The van der Waals surface area contributed by atoms with Gasteiger partial charge in [0.25, 0.3) is 5.89 Å². The predicted molar refractivity (Wildman–Crippen MR) is 87.5 cm³/mol. The van der Waals surface area contributed by atoms with Crippen molar-refractivity contribution in [3.63, 3.8) is 0 Å². The predicted octanol–water partition coefficient (Wildman–Crippen LogP) is 4.29. The van der Waals surface area contributed by atoms with Crippen LogP contribution in [0, 0.1) is 13.8 Å². The Kier molecular flexibility index (Phi) is 3.98. The van der Waals surface area contributed by atoms with Crippen LogP contribution in [0.4, 0.5) is 5.00 Å². The van der Waals surface area contributed by atoms with Gasteiger partial charge < -0.3 is 10.3 Å². The number of hydrogen-bond donors (Lipinski definition) is 1. The van der Waals surface area contributed by atoms with Gasteiger partial charge in [-0.1, -0.05) is 23.4 Å². The van der Waals surface area contributed by atoms with Crippen LogP contribution in [-0.2, 0) is 5.75 Å². The number of anilines is 1. The van der Waals surface area contributed by atoms with Crippen molar-refractivity contribution < 1.29 is 4.52 Å². The standard InChI is InChI=1S/C15H15N3OS2/c1-9-5-3-4-6-12(9)20-8-13-17-15(19-18-13)11-7-10(2)21-14(11)16/h3-7H,8,16H2,1-2H3. The average Bonchev–Trinajstić information content (AvgIpc) is 3.04. The second kappa shape index (κ2) is 5.91. The minimum atomic E-state index is 0.497. The molecule has 0 atom stereocenters. The van der Waals surface area contributed by atoms with E-state index >= 15 is 0 Å². The molecule has 0 bridgehead atoms. The van der Waals surface area contributed by atoms with E-state index in [9.17, 15) is 0 Å². The number of benzene rings is 1. The summed E-state index contributed by atoms with van der Waals surface area (Å²) >= 11 is 3.23. The van der Waals surface area contributed by atoms with Crippen LogP contribution < -0.4 is 5.73 Å². The Bertz CT molecular complexity index is 764. The van der Waals surface area contributed by atoms with Crippen molar-refractivity contribution in [3.8, 4) is 11.5 Å². The molecule has 2 heterocycles. The fourth-order valence-electron chi connectivity index (χ4n) is 1.98. The van der Waals surface area contributed by atoms with Gasteiger partial charge in [-0.2, -0.15) is 4.98 Å². The number of rotatable bonds is 4. The molecule has 3 aromatic rings. The summed E-state index contributed by atoms with van der Waals surface area (Å²) in [5.41, 5.74) is 8.04. The number of hydrogen-bond acceptors (Lipinski definition) is 6. The fourth-order valence-corrected chi connectivity index (χ4v) is 3.63. The summed E-state index contributed by atoms with van der Waals surface area (Å²) in [5, 5.41) is 4.75. The smallest absolute Gasteiger partial charge is 0.260 e. The summed E-state index contributed by atoms with van der Waals surface area (Å²) in [6.07, 6.45) is 0. The minimum Gasteiger partial charge on any atom is -0.390 e. The van der Waals surface area contributed by atoms with Crippen LogP contribution in [-0.4, -0.2) is 10.1 Å². The van der Waals surface area contributed by atoms with Gasteiger partial charge in [-0.15, -0.1) is 23.1 Å². The molecule has 0 unspecified atom stereocenters. The molecule has 108 valence electrons. The molecule has 0 saturated carbocycles. The van der Waals surface area contributed by atoms with Crippen LogP contribution in [0.15, 0.2) is 39.8 Å². The molecule has 0 fully saturated rings. The quantitative estimate of drug-likeness (QED) is 0.727. The summed E-state index contributed by atoms with van der Waals surface area (Å²) in [7, 11) is 0. The molecule has 0 aliphatic rings. The summed E-state index contributed by atoms with van der Waals surface area (Å²) in [6, 6.07) is 10.2. The van der Waals surface area contributed by atoms with Gasteiger partial charge in [-0.05, 0) is 31.5 Å². The van der Waals surface area contributed by atoms with Crippen molar-refractivity contribution in [1.82, 2.24) is 10.1 Å². The summed E-state index contributed by atoms with van der Waals surface area (Å²) in [4.78, 5) is 6.79. The largest absolute Gasteiger partial charge is 0.390 e. The zero-order chi connectivity index (χ0) is 14.8. The van der Waals surface area contributed by atoms with Gasteiger partial charge in [0.2, 0.25) is 0 Å². The zero-order valence-electron chi connectivity index (χ0n) is 11.8. The molecule has 0 spiro atoms. The van der Waals surface area contributed by atoms with Crippen LogP contribution in [0.1, 0.15) is 16.3 Å². The zero-order valence-corrected chi connectivity index (χ0v) is 13.4. The van der Waals surface area contributed by atoms with E-state index in [0.29, 0.717) is 22.5 Å². The van der Waals surface area contributed by atoms with Gasteiger partial charge >= 0.3 is 0 Å². The number of thioether (sulfide) groups is 1. The first-order chi connectivity index (χ1) is 10.1. The van der Waals surface area contributed by atoms with E-state index in [2.05, 4.69) is 29.2 Å². The minimum absolute atomic E-state index is 0.497. The molecular formula is C15H15N3OS2. The van der Waals surface area contributed by atoms with Crippen molar-refractivity contribution in [2.75, 3.05) is 5.73 Å². The average molecular weight is 317 g/mol. The van der Waals surface area contributed by atoms with E-state index in [-0.39, 0.29) is 0 Å². The van der Waals surface area contributed by atoms with Crippen molar-refractivity contribution >= 4 is 28.1 Å². The van der Waals surface area contributed by atoms with Gasteiger partial charge in [-0.25, -0.2) is 0 Å². The van der Waals surface area contributed by atoms with E-state index in [1.165, 1.54) is 21.8 Å². The van der Waals surface area contributed by atoms with E-state index < -0.39 is 0 Å². The van der Waals surface area contributed by atoms with Crippen LogP contribution >= 0.6 is 23.1 Å². The highest BCUT2D eigenvalue weighted by Gasteiger charge is 2.14. The maximum Gasteiger partial charge on any atom is 0.260 e. The summed E-state index contributed by atoms with van der Waals surface area (Å²) in [5.74, 6) is 1.86. The van der Waals surface area contributed by atoms with Crippen LogP contribution in [0.3, 0.4) is 0 Å². The lowest BCUT2D eigenvalue weighted by Crippen LogP contribution is -1.86. The second-order valence-corrected chi connectivity index (χ2v) is 7.01. The molecule has 0 radical (unpaired) electrons. The van der Waals surface area contributed by atoms with Gasteiger partial charge in [0.05, 0.1) is 16.3 Å². The molecule has 0 aliphatic carbocycles. The lowest BCUT2D eigenvalue weighted by molar-refractivity contribution is 0.425. The SMILES string of the molecule is Cc1cc(-c2nc(CSc3ccccc3C)no2)c(N)s1. The first-order valence-corrected chi connectivity index (χ1v) is 8.31. The molecule has 0 saturated heterocycles. The highest BCUT2D eigenvalue weighted by atomic mass is 32.2. The van der Waals surface area contributed by atoms with Crippen molar-refractivity contribution in [3.05, 3.63) is 46.6 Å². The third-order valence-electron chi connectivity index (χ3n) is 3.03. The Morgan fingerprint density at radius 3 is 2.81 bits per heavy atom. The summed E-state index contributed by atoms with van der Waals surface area (Å²) < 4.78 is 5.32. The molecule has 0 amide bonds. The van der Waals surface area contributed by atoms with Crippen LogP contribution in [0.25, 0.3) is 11.5 Å². The fraction of sp³-hybridized carbons (Fsp3) is 0.200. The molecule has 6 heteroatoms. The van der Waals surface area contributed by atoms with Gasteiger partial charge in [0, 0.05) is 9.77 Å². The Morgan fingerprint density at radius 2 is 2.10 bits per heavy atom. The normalized spacial score (nSPS) is 11.0. The molecule has 2 aromatic heterocycles. The number of thiophene rings is 1. The number of nitrogens with two attached hydrogens (primary N) is 1. The van der Waals surface area contributed by atoms with Gasteiger partial charge in [-0.3, -0.25) is 0 Å². The lowest BCUT2D eigenvalue weighted by Gasteiger charge is -2.01. The summed E-state index contributed by atoms with van der Waals surface area (Å²) in [6.45, 7) is 4.11. The lowest BCUT2D eigenvalue weighted by atomic mass is 10.2. The molecule has 1 aromatic carbocycles. The highest BCUT2D eigenvalue weighted by molar-refractivity contribution is 7.98. The molecule has 2 N–H and O–H groups in total. The number of aromatic nitrogens is 2. The highest BCUT2D eigenvalue weighted by Crippen LogP contribution is 2.33. The van der Waals surface area contributed by atoms with Crippen LogP contribution in [0.5, 0.6) is 0 Å². The first kappa shape index (κ1) is 14.2. The number of nitrogen functional groups attached to an aromatic ring is 1. The van der Waals surface area contributed by atoms with Crippen molar-refractivity contribution in [1.29, 1.82) is 0 Å². The topological polar surface area (TPSA) is 64.9 Å². The number of aryl methyl sites for hydroxylation is 2. The van der Waals surface area contributed by atoms with E-state index in [1.54, 1.807) is 11.8 Å². The molecule has 21 heavy (non-hydrogen) atoms. The molecule has 3 rings (SSSR count). The van der Waals surface area contributed by atoms with E-state index in [1.807, 2.05) is 25.1 Å². The van der Waals surface area contributed by atoms with E-state index in [4.69, 9.17) is 10.3 Å².